The number of rotatable bonds is 6. The Labute approximate surface area is 114 Å². The van der Waals surface area contributed by atoms with Crippen LogP contribution in [0.5, 0.6) is 0 Å². The number of hydrogen-bond acceptors (Lipinski definition) is 5. The van der Waals surface area contributed by atoms with E-state index in [4.69, 9.17) is 16.3 Å². The lowest BCUT2D eigenvalue weighted by atomic mass is 10.3. The maximum Gasteiger partial charge on any atom is 0.271 e. The second-order valence-corrected chi connectivity index (χ2v) is 4.30. The van der Waals surface area contributed by atoms with Crippen LogP contribution in [0.25, 0.3) is 11.0 Å². The van der Waals surface area contributed by atoms with Gasteiger partial charge in [-0.1, -0.05) is 0 Å². The molecular formula is C11H13ClN4O3. The smallest absolute Gasteiger partial charge is 0.271 e. The van der Waals surface area contributed by atoms with Crippen LogP contribution < -0.4 is 5.32 Å². The summed E-state index contributed by atoms with van der Waals surface area (Å²) >= 11 is 5.79. The highest BCUT2D eigenvalue weighted by atomic mass is 35.5. The van der Waals surface area contributed by atoms with E-state index in [1.54, 1.807) is 13.2 Å². The second-order valence-electron chi connectivity index (χ2n) is 3.99. The Kier molecular flexibility index (Phi) is 4.18. The molecule has 0 aliphatic rings. The van der Waals surface area contributed by atoms with Gasteiger partial charge in [-0.05, 0) is 6.07 Å². The number of hydrogen-bond donors (Lipinski definition) is 2. The fraction of sp³-hybridized carbons (Fsp3) is 0.364. The molecule has 1 atom stereocenters. The lowest BCUT2D eigenvalue weighted by molar-refractivity contribution is -0.384. The van der Waals surface area contributed by atoms with Gasteiger partial charge >= 0.3 is 0 Å². The first-order valence-corrected chi connectivity index (χ1v) is 6.13. The monoisotopic (exact) mass is 284 g/mol. The minimum Gasteiger partial charge on any atom is -0.383 e. The number of aromatic amines is 1. The van der Waals surface area contributed by atoms with Gasteiger partial charge in [-0.15, -0.1) is 11.6 Å². The molecule has 1 aromatic carbocycles. The van der Waals surface area contributed by atoms with E-state index < -0.39 is 4.92 Å². The lowest BCUT2D eigenvalue weighted by Gasteiger charge is -2.13. The number of halogens is 1. The molecule has 1 unspecified atom stereocenters. The summed E-state index contributed by atoms with van der Waals surface area (Å²) in [5, 5.41) is 13.8. The predicted octanol–water partition coefficient (Wildman–Crippen LogP) is 2.14. The van der Waals surface area contributed by atoms with E-state index in [2.05, 4.69) is 15.3 Å². The molecule has 1 heterocycles. The van der Waals surface area contributed by atoms with E-state index >= 15 is 0 Å². The first-order chi connectivity index (χ1) is 9.13. The largest absolute Gasteiger partial charge is 0.383 e. The van der Waals surface area contributed by atoms with E-state index in [0.717, 1.165) is 0 Å². The molecular weight excluding hydrogens is 272 g/mol. The first-order valence-electron chi connectivity index (χ1n) is 5.59. The summed E-state index contributed by atoms with van der Waals surface area (Å²) in [6.07, 6.45) is 0. The normalized spacial score (nSPS) is 12.5. The Bertz CT molecular complexity index is 586. The van der Waals surface area contributed by atoms with Crippen LogP contribution in [0, 0.1) is 10.1 Å². The van der Waals surface area contributed by atoms with Gasteiger partial charge in [0.2, 0.25) is 5.95 Å². The molecule has 0 radical (unpaired) electrons. The maximum atomic E-state index is 10.7. The summed E-state index contributed by atoms with van der Waals surface area (Å²) in [6, 6.07) is 4.38. The number of nitro groups is 1. The number of anilines is 1. The third-order valence-electron chi connectivity index (χ3n) is 2.57. The van der Waals surface area contributed by atoms with Crippen LogP contribution in [0.4, 0.5) is 11.6 Å². The number of methoxy groups -OCH3 is 1. The molecule has 102 valence electrons. The van der Waals surface area contributed by atoms with Gasteiger partial charge in [0.15, 0.2) is 0 Å². The average Bonchev–Trinajstić information content (AvgIpc) is 2.79. The van der Waals surface area contributed by atoms with E-state index in [1.807, 2.05) is 0 Å². The SMILES string of the molecule is COCC(CCl)Nc1nc2ccc([N+](=O)[O-])cc2[nH]1. The number of H-pyrrole nitrogens is 1. The molecule has 1 aromatic heterocycles. The van der Waals surface area contributed by atoms with Crippen molar-refractivity contribution in [1.29, 1.82) is 0 Å². The van der Waals surface area contributed by atoms with Crippen molar-refractivity contribution in [3.8, 4) is 0 Å². The van der Waals surface area contributed by atoms with E-state index in [1.165, 1.54) is 12.1 Å². The van der Waals surface area contributed by atoms with Crippen LogP contribution in [0.2, 0.25) is 0 Å². The highest BCUT2D eigenvalue weighted by Gasteiger charge is 2.12. The molecule has 2 N–H and O–H groups in total. The molecule has 0 aliphatic heterocycles. The molecule has 2 aromatic rings. The molecule has 2 rings (SSSR count). The number of non-ortho nitro benzene ring substituents is 1. The Balaban J connectivity index is 2.23. The van der Waals surface area contributed by atoms with Gasteiger partial charge in [0.25, 0.3) is 5.69 Å². The number of nitrogens with zero attached hydrogens (tertiary/aromatic N) is 2. The topological polar surface area (TPSA) is 93.1 Å². The van der Waals surface area contributed by atoms with Crippen LogP contribution in [0.1, 0.15) is 0 Å². The van der Waals surface area contributed by atoms with Crippen molar-refractivity contribution in [2.75, 3.05) is 24.9 Å². The van der Waals surface area contributed by atoms with Gasteiger partial charge in [-0.2, -0.15) is 0 Å². The number of nitrogens with one attached hydrogen (secondary N) is 2. The molecule has 0 amide bonds. The Morgan fingerprint density at radius 3 is 3.05 bits per heavy atom. The molecule has 0 bridgehead atoms. The Hall–Kier alpha value is -1.86. The van der Waals surface area contributed by atoms with Crippen molar-refractivity contribution < 1.29 is 9.66 Å². The zero-order valence-corrected chi connectivity index (χ0v) is 11.0. The highest BCUT2D eigenvalue weighted by molar-refractivity contribution is 6.18. The summed E-state index contributed by atoms with van der Waals surface area (Å²) in [5.41, 5.74) is 1.27. The number of nitro benzene ring substituents is 1. The molecule has 0 aliphatic carbocycles. The number of ether oxygens (including phenoxy) is 1. The summed E-state index contributed by atoms with van der Waals surface area (Å²) < 4.78 is 5.01. The van der Waals surface area contributed by atoms with Crippen molar-refractivity contribution in [2.24, 2.45) is 0 Å². The average molecular weight is 285 g/mol. The lowest BCUT2D eigenvalue weighted by Crippen LogP contribution is -2.27. The minimum absolute atomic E-state index is 0.0217. The zero-order valence-electron chi connectivity index (χ0n) is 10.2. The molecule has 0 spiro atoms. The number of benzene rings is 1. The van der Waals surface area contributed by atoms with Crippen LogP contribution in [-0.4, -0.2) is 40.5 Å². The van der Waals surface area contributed by atoms with Gasteiger partial charge in [0.05, 0.1) is 28.6 Å². The van der Waals surface area contributed by atoms with Crippen LogP contribution in [-0.2, 0) is 4.74 Å². The van der Waals surface area contributed by atoms with Crippen LogP contribution in [0.3, 0.4) is 0 Å². The van der Waals surface area contributed by atoms with E-state index in [-0.39, 0.29) is 11.7 Å². The quantitative estimate of drug-likeness (QED) is 0.481. The number of aromatic nitrogens is 2. The summed E-state index contributed by atoms with van der Waals surface area (Å²) in [5.74, 6) is 0.878. The van der Waals surface area contributed by atoms with Crippen molar-refractivity contribution in [3.05, 3.63) is 28.3 Å². The molecule has 0 saturated heterocycles. The Morgan fingerprint density at radius 2 is 2.42 bits per heavy atom. The minimum atomic E-state index is -0.445. The highest BCUT2D eigenvalue weighted by Crippen LogP contribution is 2.20. The number of imidazole rings is 1. The van der Waals surface area contributed by atoms with Crippen LogP contribution >= 0.6 is 11.6 Å². The van der Waals surface area contributed by atoms with E-state index in [9.17, 15) is 10.1 Å². The number of fused-ring (bicyclic) bond motifs is 1. The zero-order chi connectivity index (χ0) is 13.8. The fourth-order valence-electron chi connectivity index (χ4n) is 1.70. The first kappa shape index (κ1) is 13.6. The van der Waals surface area contributed by atoms with Crippen molar-refractivity contribution in [3.63, 3.8) is 0 Å². The van der Waals surface area contributed by atoms with Gasteiger partial charge in [0, 0.05) is 25.1 Å². The van der Waals surface area contributed by atoms with Gasteiger partial charge in [-0.3, -0.25) is 10.1 Å². The molecule has 19 heavy (non-hydrogen) atoms. The molecule has 8 heteroatoms. The van der Waals surface area contributed by atoms with Crippen LogP contribution in [0.15, 0.2) is 18.2 Å². The number of alkyl halides is 1. The van der Waals surface area contributed by atoms with Crippen molar-refractivity contribution >= 4 is 34.3 Å². The summed E-state index contributed by atoms with van der Waals surface area (Å²) in [7, 11) is 1.59. The summed E-state index contributed by atoms with van der Waals surface area (Å²) in [6.45, 7) is 0.445. The van der Waals surface area contributed by atoms with Gasteiger partial charge in [0.1, 0.15) is 0 Å². The maximum absolute atomic E-state index is 10.7. The van der Waals surface area contributed by atoms with Gasteiger partial charge < -0.3 is 15.0 Å². The Morgan fingerprint density at radius 1 is 1.63 bits per heavy atom. The predicted molar refractivity (Wildman–Crippen MR) is 72.8 cm³/mol. The molecule has 0 saturated carbocycles. The standard InChI is InChI=1S/C11H13ClN4O3/c1-19-6-7(5-12)13-11-14-9-3-2-8(16(17)18)4-10(9)15-11/h2-4,7H,5-6H2,1H3,(H2,13,14,15). The second kappa shape index (κ2) is 5.85. The van der Waals surface area contributed by atoms with Crippen molar-refractivity contribution in [2.45, 2.75) is 6.04 Å². The van der Waals surface area contributed by atoms with E-state index in [0.29, 0.717) is 29.5 Å². The van der Waals surface area contributed by atoms with Crippen molar-refractivity contribution in [1.82, 2.24) is 9.97 Å². The third kappa shape index (κ3) is 3.12. The summed E-state index contributed by atoms with van der Waals surface area (Å²) in [4.78, 5) is 17.5. The third-order valence-corrected chi connectivity index (χ3v) is 2.94. The molecule has 7 nitrogen and oxygen atoms in total. The van der Waals surface area contributed by atoms with Gasteiger partial charge in [-0.25, -0.2) is 4.98 Å². The molecule has 0 fully saturated rings. The fourth-order valence-corrected chi connectivity index (χ4v) is 1.87.